The van der Waals surface area contributed by atoms with Gasteiger partial charge in [0, 0.05) is 5.39 Å². The van der Waals surface area contributed by atoms with Crippen molar-refractivity contribution in [3.05, 3.63) is 54.0 Å². The van der Waals surface area contributed by atoms with Crippen molar-refractivity contribution in [2.75, 3.05) is 0 Å². The molecule has 0 fully saturated rings. The highest BCUT2D eigenvalue weighted by atomic mass is 19.1. The highest BCUT2D eigenvalue weighted by molar-refractivity contribution is 5.81. The van der Waals surface area contributed by atoms with Gasteiger partial charge in [-0.3, -0.25) is 4.68 Å². The van der Waals surface area contributed by atoms with Crippen LogP contribution >= 0.6 is 0 Å². The molecule has 0 N–H and O–H groups in total. The van der Waals surface area contributed by atoms with E-state index in [0.717, 1.165) is 23.3 Å². The van der Waals surface area contributed by atoms with Gasteiger partial charge in [0.25, 0.3) is 0 Å². The Kier molecular flexibility index (Phi) is 3.54. The predicted octanol–water partition coefficient (Wildman–Crippen LogP) is 3.04. The monoisotopic (exact) mass is 295 g/mol. The SMILES string of the molecule is N#Cc1cc(F)ccc1Oc1ccc2c(cnn2CC=O)c1. The minimum atomic E-state index is -0.491. The number of hydrogen-bond donors (Lipinski definition) is 0. The largest absolute Gasteiger partial charge is 0.456 e. The standard InChI is InChI=1S/C16H10FN3O2/c17-13-1-4-16(11(7-13)9-18)22-14-2-3-15-12(8-14)10-19-20(15)5-6-21/h1-4,6-8,10H,5H2. The van der Waals surface area contributed by atoms with E-state index in [9.17, 15) is 9.18 Å². The van der Waals surface area contributed by atoms with E-state index in [2.05, 4.69) is 5.10 Å². The molecule has 0 atom stereocenters. The number of ether oxygens (including phenoxy) is 1. The minimum absolute atomic E-state index is 0.122. The van der Waals surface area contributed by atoms with Crippen molar-refractivity contribution in [2.24, 2.45) is 0 Å². The van der Waals surface area contributed by atoms with Gasteiger partial charge in [0.2, 0.25) is 0 Å². The van der Waals surface area contributed by atoms with Crippen LogP contribution < -0.4 is 4.74 Å². The molecular formula is C16H10FN3O2. The van der Waals surface area contributed by atoms with Gasteiger partial charge in [-0.05, 0) is 36.4 Å². The highest BCUT2D eigenvalue weighted by Gasteiger charge is 2.08. The maximum absolute atomic E-state index is 13.1. The molecule has 2 aromatic carbocycles. The van der Waals surface area contributed by atoms with Crippen LogP contribution in [0.3, 0.4) is 0 Å². The zero-order valence-corrected chi connectivity index (χ0v) is 11.4. The van der Waals surface area contributed by atoms with Crippen LogP contribution in [0.2, 0.25) is 0 Å². The maximum Gasteiger partial charge on any atom is 0.145 e. The van der Waals surface area contributed by atoms with Crippen molar-refractivity contribution in [2.45, 2.75) is 6.54 Å². The van der Waals surface area contributed by atoms with E-state index in [1.807, 2.05) is 6.07 Å². The third-order valence-electron chi connectivity index (χ3n) is 3.15. The van der Waals surface area contributed by atoms with E-state index in [0.29, 0.717) is 5.75 Å². The number of rotatable bonds is 4. The molecule has 3 rings (SSSR count). The summed E-state index contributed by atoms with van der Waals surface area (Å²) in [6, 6.07) is 10.9. The fourth-order valence-corrected chi connectivity index (χ4v) is 2.15. The average molecular weight is 295 g/mol. The topological polar surface area (TPSA) is 67.9 Å². The van der Waals surface area contributed by atoms with Crippen LogP contribution in [0.4, 0.5) is 4.39 Å². The molecule has 3 aromatic rings. The zero-order chi connectivity index (χ0) is 15.5. The van der Waals surface area contributed by atoms with Crippen LogP contribution in [-0.4, -0.2) is 16.1 Å². The van der Waals surface area contributed by atoms with Crippen LogP contribution in [0.25, 0.3) is 10.9 Å². The molecule has 0 aliphatic carbocycles. The number of carbonyl (C=O) groups is 1. The number of nitrogens with zero attached hydrogens (tertiary/aromatic N) is 3. The van der Waals surface area contributed by atoms with Crippen molar-refractivity contribution in [3.63, 3.8) is 0 Å². The molecule has 1 aromatic heterocycles. The Labute approximate surface area is 125 Å². The summed E-state index contributed by atoms with van der Waals surface area (Å²) >= 11 is 0. The van der Waals surface area contributed by atoms with Crippen molar-refractivity contribution >= 4 is 17.2 Å². The molecule has 6 heteroatoms. The summed E-state index contributed by atoms with van der Waals surface area (Å²) in [6.45, 7) is 0.181. The average Bonchev–Trinajstić information content (AvgIpc) is 2.92. The number of aldehydes is 1. The van der Waals surface area contributed by atoms with Crippen LogP contribution in [0.1, 0.15) is 5.56 Å². The summed E-state index contributed by atoms with van der Waals surface area (Å²) in [5.74, 6) is 0.291. The summed E-state index contributed by atoms with van der Waals surface area (Å²) in [5, 5.41) is 13.9. The second-order valence-electron chi connectivity index (χ2n) is 4.57. The van der Waals surface area contributed by atoms with Gasteiger partial charge in [-0.1, -0.05) is 0 Å². The Balaban J connectivity index is 1.95. The second-order valence-corrected chi connectivity index (χ2v) is 4.57. The van der Waals surface area contributed by atoms with Gasteiger partial charge in [-0.15, -0.1) is 0 Å². The van der Waals surface area contributed by atoms with Gasteiger partial charge in [0.05, 0.1) is 23.8 Å². The van der Waals surface area contributed by atoms with Crippen molar-refractivity contribution in [1.29, 1.82) is 5.26 Å². The first-order chi connectivity index (χ1) is 10.7. The first-order valence-corrected chi connectivity index (χ1v) is 6.48. The Hall–Kier alpha value is -3.20. The molecule has 0 bridgehead atoms. The van der Waals surface area contributed by atoms with E-state index in [1.165, 1.54) is 12.1 Å². The van der Waals surface area contributed by atoms with E-state index in [-0.39, 0.29) is 17.9 Å². The molecule has 0 spiro atoms. The number of benzene rings is 2. The summed E-state index contributed by atoms with van der Waals surface area (Å²) < 4.78 is 20.3. The normalized spacial score (nSPS) is 10.4. The number of carbonyl (C=O) groups excluding carboxylic acids is 1. The number of halogens is 1. The van der Waals surface area contributed by atoms with Crippen molar-refractivity contribution < 1.29 is 13.9 Å². The van der Waals surface area contributed by atoms with E-state index >= 15 is 0 Å². The molecule has 0 saturated heterocycles. The van der Waals surface area contributed by atoms with E-state index in [4.69, 9.17) is 10.00 Å². The first kappa shape index (κ1) is 13.8. The summed E-state index contributed by atoms with van der Waals surface area (Å²) in [4.78, 5) is 10.6. The molecule has 0 aliphatic heterocycles. The van der Waals surface area contributed by atoms with Crippen LogP contribution in [0.5, 0.6) is 11.5 Å². The van der Waals surface area contributed by atoms with Gasteiger partial charge in [-0.2, -0.15) is 10.4 Å². The summed E-state index contributed by atoms with van der Waals surface area (Å²) in [5.41, 5.74) is 0.927. The van der Waals surface area contributed by atoms with Crippen LogP contribution in [0, 0.1) is 17.1 Å². The Morgan fingerprint density at radius 1 is 1.32 bits per heavy atom. The molecule has 0 amide bonds. The van der Waals surface area contributed by atoms with Crippen LogP contribution in [-0.2, 0) is 11.3 Å². The smallest absolute Gasteiger partial charge is 0.145 e. The summed E-state index contributed by atoms with van der Waals surface area (Å²) in [7, 11) is 0. The van der Waals surface area contributed by atoms with Gasteiger partial charge < -0.3 is 9.53 Å². The van der Waals surface area contributed by atoms with Gasteiger partial charge in [0.1, 0.15) is 29.7 Å². The molecular weight excluding hydrogens is 285 g/mol. The van der Waals surface area contributed by atoms with E-state index < -0.39 is 5.82 Å². The van der Waals surface area contributed by atoms with Crippen molar-refractivity contribution in [3.8, 4) is 17.6 Å². The fraction of sp³-hybridized carbons (Fsp3) is 0.0625. The van der Waals surface area contributed by atoms with Gasteiger partial charge in [0.15, 0.2) is 0 Å². The second kappa shape index (κ2) is 5.66. The highest BCUT2D eigenvalue weighted by Crippen LogP contribution is 2.28. The summed E-state index contributed by atoms with van der Waals surface area (Å²) in [6.07, 6.45) is 2.40. The minimum Gasteiger partial charge on any atom is -0.456 e. The lowest BCUT2D eigenvalue weighted by atomic mass is 10.2. The van der Waals surface area contributed by atoms with Gasteiger partial charge in [-0.25, -0.2) is 4.39 Å². The molecule has 5 nitrogen and oxygen atoms in total. The molecule has 0 radical (unpaired) electrons. The molecule has 0 unspecified atom stereocenters. The quantitative estimate of drug-likeness (QED) is 0.694. The molecule has 108 valence electrons. The number of aromatic nitrogens is 2. The number of fused-ring (bicyclic) bond motifs is 1. The first-order valence-electron chi connectivity index (χ1n) is 6.48. The third kappa shape index (κ3) is 2.52. The lowest BCUT2D eigenvalue weighted by Gasteiger charge is -2.07. The molecule has 0 saturated carbocycles. The van der Waals surface area contributed by atoms with Crippen molar-refractivity contribution in [1.82, 2.24) is 9.78 Å². The number of hydrogen-bond acceptors (Lipinski definition) is 4. The Morgan fingerprint density at radius 3 is 2.95 bits per heavy atom. The lowest BCUT2D eigenvalue weighted by molar-refractivity contribution is -0.108. The van der Waals surface area contributed by atoms with Gasteiger partial charge >= 0.3 is 0 Å². The third-order valence-corrected chi connectivity index (χ3v) is 3.15. The molecule has 22 heavy (non-hydrogen) atoms. The lowest BCUT2D eigenvalue weighted by Crippen LogP contribution is -1.99. The fourth-order valence-electron chi connectivity index (χ4n) is 2.15. The van der Waals surface area contributed by atoms with Crippen LogP contribution in [0.15, 0.2) is 42.6 Å². The molecule has 0 aliphatic rings. The Morgan fingerprint density at radius 2 is 2.18 bits per heavy atom. The Bertz CT molecular complexity index is 896. The maximum atomic E-state index is 13.1. The zero-order valence-electron chi connectivity index (χ0n) is 11.4. The predicted molar refractivity (Wildman–Crippen MR) is 77.0 cm³/mol. The number of nitriles is 1. The molecule has 1 heterocycles. The van der Waals surface area contributed by atoms with E-state index in [1.54, 1.807) is 29.1 Å².